The summed E-state index contributed by atoms with van der Waals surface area (Å²) < 4.78 is 13.1. The van der Waals surface area contributed by atoms with Gasteiger partial charge in [0.15, 0.2) is 11.6 Å². The summed E-state index contributed by atoms with van der Waals surface area (Å²) in [5, 5.41) is 23.9. The minimum absolute atomic E-state index is 0.0238. The fourth-order valence-corrected chi connectivity index (χ4v) is 4.13. The Hall–Kier alpha value is -4.25. The first-order valence-corrected chi connectivity index (χ1v) is 12.5. The van der Waals surface area contributed by atoms with E-state index in [-0.39, 0.29) is 30.5 Å². The number of nitrogens with zero attached hydrogens (tertiary/aromatic N) is 2. The van der Waals surface area contributed by atoms with Gasteiger partial charge in [0, 0.05) is 12.1 Å². The molecule has 0 aliphatic carbocycles. The third-order valence-electron chi connectivity index (χ3n) is 5.16. The number of halogens is 1. The molecule has 1 aromatic heterocycles. The van der Waals surface area contributed by atoms with Gasteiger partial charge in [0.2, 0.25) is 16.9 Å². The van der Waals surface area contributed by atoms with Crippen LogP contribution in [-0.2, 0) is 28.9 Å². The van der Waals surface area contributed by atoms with Gasteiger partial charge in [0.05, 0.1) is 12.8 Å². The summed E-state index contributed by atoms with van der Waals surface area (Å²) in [5.41, 5.74) is 13.9. The van der Waals surface area contributed by atoms with Gasteiger partial charge in [-0.25, -0.2) is 4.39 Å². The molecule has 0 spiro atoms. The third kappa shape index (κ3) is 9.73. The Kier molecular flexibility index (Phi) is 10.1. The van der Waals surface area contributed by atoms with Crippen LogP contribution in [0.1, 0.15) is 35.4 Å². The van der Waals surface area contributed by atoms with Gasteiger partial charge in [-0.3, -0.25) is 9.59 Å². The number of nitrogens with two attached hydrogens (primary N) is 2. The molecule has 0 saturated carbocycles. The normalized spacial score (nSPS) is 11.8. The Morgan fingerprint density at radius 2 is 1.73 bits per heavy atom. The SMILES string of the molecule is N/C(=C\C=C(/N)NC(=O)Cc1ccccc1)CCCCc1nnc(NC(=O)Cc2ccc(F)c(O)c2)s1. The molecular formula is C26H29FN6O3S. The van der Waals surface area contributed by atoms with E-state index in [1.165, 1.54) is 23.5 Å². The number of hydrogen-bond acceptors (Lipinski definition) is 8. The van der Waals surface area contributed by atoms with E-state index in [0.717, 1.165) is 29.5 Å². The fraction of sp³-hybridized carbons (Fsp3) is 0.231. The Balaban J connectivity index is 1.35. The van der Waals surface area contributed by atoms with E-state index in [4.69, 9.17) is 11.5 Å². The average Bonchev–Trinajstić information content (AvgIpc) is 3.30. The lowest BCUT2D eigenvalue weighted by Gasteiger charge is -2.05. The van der Waals surface area contributed by atoms with Crippen LogP contribution in [0, 0.1) is 5.82 Å². The maximum absolute atomic E-state index is 13.1. The van der Waals surface area contributed by atoms with Crippen LogP contribution >= 0.6 is 11.3 Å². The number of nitrogens with one attached hydrogen (secondary N) is 2. The van der Waals surface area contributed by atoms with E-state index in [1.54, 1.807) is 12.2 Å². The summed E-state index contributed by atoms with van der Waals surface area (Å²) in [6.07, 6.45) is 6.43. The predicted molar refractivity (Wildman–Crippen MR) is 141 cm³/mol. The molecule has 2 amide bonds. The minimum Gasteiger partial charge on any atom is -0.505 e. The molecule has 1 heterocycles. The van der Waals surface area contributed by atoms with Gasteiger partial charge in [0.25, 0.3) is 0 Å². The van der Waals surface area contributed by atoms with Gasteiger partial charge in [-0.05, 0) is 54.7 Å². The molecule has 9 nitrogen and oxygen atoms in total. The highest BCUT2D eigenvalue weighted by molar-refractivity contribution is 7.15. The molecule has 0 saturated heterocycles. The van der Waals surface area contributed by atoms with Gasteiger partial charge in [-0.2, -0.15) is 0 Å². The molecule has 0 bridgehead atoms. The molecule has 194 valence electrons. The molecule has 0 fully saturated rings. The topological polar surface area (TPSA) is 156 Å². The van der Waals surface area contributed by atoms with E-state index < -0.39 is 11.6 Å². The number of aromatic hydroxyl groups is 1. The van der Waals surface area contributed by atoms with Crippen molar-refractivity contribution in [3.8, 4) is 5.75 Å². The molecular weight excluding hydrogens is 495 g/mol. The lowest BCUT2D eigenvalue weighted by molar-refractivity contribution is -0.119. The zero-order valence-corrected chi connectivity index (χ0v) is 20.9. The van der Waals surface area contributed by atoms with E-state index in [1.807, 2.05) is 30.3 Å². The van der Waals surface area contributed by atoms with Crippen molar-refractivity contribution >= 4 is 28.3 Å². The highest BCUT2D eigenvalue weighted by Crippen LogP contribution is 2.20. The third-order valence-corrected chi connectivity index (χ3v) is 6.06. The summed E-state index contributed by atoms with van der Waals surface area (Å²) in [6, 6.07) is 13.1. The molecule has 0 aliphatic heterocycles. The van der Waals surface area contributed by atoms with Crippen molar-refractivity contribution in [2.75, 3.05) is 5.32 Å². The van der Waals surface area contributed by atoms with E-state index in [2.05, 4.69) is 20.8 Å². The van der Waals surface area contributed by atoms with Gasteiger partial charge in [-0.1, -0.05) is 47.7 Å². The highest BCUT2D eigenvalue weighted by atomic mass is 32.1. The van der Waals surface area contributed by atoms with Gasteiger partial charge in [0.1, 0.15) is 10.8 Å². The van der Waals surface area contributed by atoms with E-state index in [9.17, 15) is 19.1 Å². The van der Waals surface area contributed by atoms with E-state index >= 15 is 0 Å². The standard InChI is InChI=1S/C26H29FN6O3S/c27-20-12-10-18(14-21(20)34)16-24(36)31-26-33-32-25(37-26)9-5-4-8-19(28)11-13-22(29)30-23(35)15-17-6-2-1-3-7-17/h1-3,6-7,10-14,34H,4-5,8-9,15-16,28-29H2,(H,30,35)(H,31,33,36)/b19-11-,22-13+. The van der Waals surface area contributed by atoms with Crippen molar-refractivity contribution < 1.29 is 19.1 Å². The number of aromatic nitrogens is 2. The predicted octanol–water partition coefficient (Wildman–Crippen LogP) is 3.28. The molecule has 0 atom stereocenters. The van der Waals surface area contributed by atoms with Gasteiger partial charge < -0.3 is 27.2 Å². The molecule has 0 aliphatic rings. The second-order valence-corrected chi connectivity index (χ2v) is 9.35. The summed E-state index contributed by atoms with van der Waals surface area (Å²) in [6.45, 7) is 0. The van der Waals surface area contributed by atoms with Crippen LogP contribution in [0.2, 0.25) is 0 Å². The first-order valence-electron chi connectivity index (χ1n) is 11.6. The smallest absolute Gasteiger partial charge is 0.230 e. The summed E-state index contributed by atoms with van der Waals surface area (Å²) in [7, 11) is 0. The van der Waals surface area contributed by atoms with Gasteiger partial charge in [-0.15, -0.1) is 10.2 Å². The average molecular weight is 525 g/mol. The molecule has 0 radical (unpaired) electrons. The molecule has 11 heteroatoms. The Morgan fingerprint density at radius 3 is 2.49 bits per heavy atom. The number of anilines is 1. The number of carbonyl (C=O) groups is 2. The maximum Gasteiger partial charge on any atom is 0.230 e. The zero-order valence-electron chi connectivity index (χ0n) is 20.1. The first-order chi connectivity index (χ1) is 17.8. The van der Waals surface area contributed by atoms with Crippen LogP contribution in [0.25, 0.3) is 0 Å². The summed E-state index contributed by atoms with van der Waals surface area (Å²) in [5.74, 6) is -1.55. The monoisotopic (exact) mass is 524 g/mol. The quantitative estimate of drug-likeness (QED) is 0.180. The fourth-order valence-electron chi connectivity index (χ4n) is 3.34. The number of unbranched alkanes of at least 4 members (excludes halogenated alkanes) is 1. The number of amides is 2. The number of phenolic OH excluding ortho intramolecular Hbond substituents is 1. The van der Waals surface area contributed by atoms with Crippen molar-refractivity contribution in [3.63, 3.8) is 0 Å². The van der Waals surface area contributed by atoms with Gasteiger partial charge >= 0.3 is 0 Å². The molecule has 0 unspecified atom stereocenters. The molecule has 2 aromatic carbocycles. The lowest BCUT2D eigenvalue weighted by Crippen LogP contribution is -2.28. The van der Waals surface area contributed by atoms with Crippen LogP contribution in [0.5, 0.6) is 5.75 Å². The number of rotatable bonds is 12. The number of benzene rings is 2. The second kappa shape index (κ2) is 13.7. The highest BCUT2D eigenvalue weighted by Gasteiger charge is 2.11. The number of aryl methyl sites for hydroxylation is 1. The molecule has 37 heavy (non-hydrogen) atoms. The Labute approximate surface area is 218 Å². The number of hydrogen-bond donors (Lipinski definition) is 5. The van der Waals surface area contributed by atoms with Crippen LogP contribution in [0.3, 0.4) is 0 Å². The summed E-state index contributed by atoms with van der Waals surface area (Å²) in [4.78, 5) is 24.2. The van der Waals surface area contributed by atoms with Crippen LogP contribution in [-0.4, -0.2) is 27.1 Å². The molecule has 3 aromatic rings. The Morgan fingerprint density at radius 1 is 0.973 bits per heavy atom. The number of allylic oxidation sites excluding steroid dienone is 3. The van der Waals surface area contributed by atoms with Crippen molar-refractivity contribution in [2.24, 2.45) is 11.5 Å². The molecule has 3 rings (SSSR count). The second-order valence-electron chi connectivity index (χ2n) is 8.29. The zero-order chi connectivity index (χ0) is 26.6. The van der Waals surface area contributed by atoms with Crippen LogP contribution in [0.4, 0.5) is 9.52 Å². The maximum atomic E-state index is 13.1. The van der Waals surface area contributed by atoms with Crippen molar-refractivity contribution in [3.05, 3.63) is 94.2 Å². The van der Waals surface area contributed by atoms with Crippen molar-refractivity contribution in [1.29, 1.82) is 0 Å². The van der Waals surface area contributed by atoms with Crippen LogP contribution in [0.15, 0.2) is 72.2 Å². The largest absolute Gasteiger partial charge is 0.505 e. The summed E-state index contributed by atoms with van der Waals surface area (Å²) >= 11 is 1.28. The minimum atomic E-state index is -0.737. The Bertz CT molecular complexity index is 1280. The lowest BCUT2D eigenvalue weighted by atomic mass is 10.1. The van der Waals surface area contributed by atoms with Crippen LogP contribution < -0.4 is 22.1 Å². The first kappa shape index (κ1) is 27.3. The number of carbonyl (C=O) groups excluding carboxylic acids is 2. The van der Waals surface area contributed by atoms with E-state index in [0.29, 0.717) is 29.2 Å². The van der Waals surface area contributed by atoms with Crippen molar-refractivity contribution in [1.82, 2.24) is 15.5 Å². The molecule has 7 N–H and O–H groups in total. The number of phenols is 1. The van der Waals surface area contributed by atoms with Crippen molar-refractivity contribution in [2.45, 2.75) is 38.5 Å².